The molecule has 0 spiro atoms. The van der Waals surface area contributed by atoms with Crippen LogP contribution >= 0.6 is 0 Å². The molecule has 0 bridgehead atoms. The van der Waals surface area contributed by atoms with Crippen LogP contribution in [0, 0.1) is 6.92 Å². The fourth-order valence-electron chi connectivity index (χ4n) is 4.07. The molecular weight excluding hydrogens is 380 g/mol. The second kappa shape index (κ2) is 7.65. The number of hydrogen-bond acceptors (Lipinski definition) is 4. The number of aliphatic hydroxyl groups is 1. The molecule has 0 aliphatic carbocycles. The van der Waals surface area contributed by atoms with Crippen molar-refractivity contribution in [1.29, 1.82) is 0 Å². The molecule has 30 heavy (non-hydrogen) atoms. The Morgan fingerprint density at radius 2 is 1.77 bits per heavy atom. The zero-order valence-corrected chi connectivity index (χ0v) is 16.8. The van der Waals surface area contributed by atoms with E-state index in [0.29, 0.717) is 28.4 Å². The standard InChI is InChI=1S/C24H22N2O4/c1-14-11-12-16(22(27)24(29)30-2)20-19-17(23(25)28)9-6-10-18(19)26(21(14)20)13-15-7-4-3-5-8-15/h3-12,22,27H,13H2,1-2H3,(H2,25,28). The topological polar surface area (TPSA) is 94.6 Å². The molecule has 0 saturated carbocycles. The lowest BCUT2D eigenvalue weighted by atomic mass is 9.97. The zero-order chi connectivity index (χ0) is 21.4. The van der Waals surface area contributed by atoms with Crippen LogP contribution in [0.15, 0.2) is 60.7 Å². The maximum atomic E-state index is 12.2. The van der Waals surface area contributed by atoms with E-state index in [9.17, 15) is 14.7 Å². The zero-order valence-electron chi connectivity index (χ0n) is 16.8. The number of nitrogens with zero attached hydrogens (tertiary/aromatic N) is 1. The minimum Gasteiger partial charge on any atom is -0.467 e. The summed E-state index contributed by atoms with van der Waals surface area (Å²) in [6, 6.07) is 18.9. The molecule has 0 aliphatic heterocycles. The van der Waals surface area contributed by atoms with Crippen molar-refractivity contribution in [3.8, 4) is 0 Å². The number of hydrogen-bond donors (Lipinski definition) is 2. The molecule has 4 aromatic rings. The van der Waals surface area contributed by atoms with Crippen LogP contribution in [0.2, 0.25) is 0 Å². The van der Waals surface area contributed by atoms with Crippen molar-refractivity contribution < 1.29 is 19.4 Å². The minimum absolute atomic E-state index is 0.341. The number of rotatable bonds is 5. The number of aliphatic hydroxyl groups excluding tert-OH is 1. The summed E-state index contributed by atoms with van der Waals surface area (Å²) in [5.41, 5.74) is 10.1. The van der Waals surface area contributed by atoms with Crippen molar-refractivity contribution in [2.24, 2.45) is 5.73 Å². The minimum atomic E-state index is -1.48. The van der Waals surface area contributed by atoms with Crippen molar-refractivity contribution in [3.05, 3.63) is 82.9 Å². The summed E-state index contributed by atoms with van der Waals surface area (Å²) in [5.74, 6) is -1.33. The molecule has 152 valence electrons. The first-order valence-corrected chi connectivity index (χ1v) is 9.58. The monoisotopic (exact) mass is 402 g/mol. The molecule has 1 aromatic heterocycles. The molecule has 3 N–H and O–H groups in total. The second-order valence-electron chi connectivity index (χ2n) is 7.26. The molecule has 0 fully saturated rings. The number of primary amides is 1. The molecular formula is C24H22N2O4. The van der Waals surface area contributed by atoms with Gasteiger partial charge in [0.15, 0.2) is 6.10 Å². The van der Waals surface area contributed by atoms with Gasteiger partial charge in [0.1, 0.15) is 0 Å². The highest BCUT2D eigenvalue weighted by Gasteiger charge is 2.26. The van der Waals surface area contributed by atoms with Crippen LogP contribution in [-0.4, -0.2) is 28.7 Å². The van der Waals surface area contributed by atoms with Crippen molar-refractivity contribution >= 4 is 33.7 Å². The molecule has 1 unspecified atom stereocenters. The summed E-state index contributed by atoms with van der Waals surface area (Å²) < 4.78 is 6.84. The Balaban J connectivity index is 2.14. The maximum absolute atomic E-state index is 12.2. The highest BCUT2D eigenvalue weighted by molar-refractivity contribution is 6.20. The summed E-state index contributed by atoms with van der Waals surface area (Å²) >= 11 is 0. The van der Waals surface area contributed by atoms with E-state index < -0.39 is 18.0 Å². The summed E-state index contributed by atoms with van der Waals surface area (Å²) in [6.07, 6.45) is -1.48. The van der Waals surface area contributed by atoms with Crippen LogP contribution < -0.4 is 5.73 Å². The van der Waals surface area contributed by atoms with Crippen LogP contribution in [0.25, 0.3) is 21.8 Å². The first kappa shape index (κ1) is 19.7. The second-order valence-corrected chi connectivity index (χ2v) is 7.26. The quantitative estimate of drug-likeness (QED) is 0.500. The van der Waals surface area contributed by atoms with Gasteiger partial charge in [-0.25, -0.2) is 4.79 Å². The number of esters is 1. The molecule has 0 radical (unpaired) electrons. The van der Waals surface area contributed by atoms with E-state index in [4.69, 9.17) is 10.5 Å². The Kier molecular flexibility index (Phi) is 5.01. The van der Waals surface area contributed by atoms with Crippen LogP contribution in [0.5, 0.6) is 0 Å². The third kappa shape index (κ3) is 3.11. The van der Waals surface area contributed by atoms with E-state index in [-0.39, 0.29) is 0 Å². The lowest BCUT2D eigenvalue weighted by Crippen LogP contribution is -2.14. The summed E-state index contributed by atoms with van der Waals surface area (Å²) in [6.45, 7) is 2.52. The lowest BCUT2D eigenvalue weighted by Gasteiger charge is -2.13. The van der Waals surface area contributed by atoms with Gasteiger partial charge < -0.3 is 20.1 Å². The molecule has 4 rings (SSSR count). The van der Waals surface area contributed by atoms with Gasteiger partial charge in [-0.1, -0.05) is 48.5 Å². The summed E-state index contributed by atoms with van der Waals surface area (Å²) in [4.78, 5) is 24.4. The number of carbonyl (C=O) groups is 2. The molecule has 1 atom stereocenters. The summed E-state index contributed by atoms with van der Waals surface area (Å²) in [7, 11) is 1.23. The Morgan fingerprint density at radius 3 is 2.43 bits per heavy atom. The molecule has 0 aliphatic rings. The number of fused-ring (bicyclic) bond motifs is 3. The third-order valence-electron chi connectivity index (χ3n) is 5.43. The van der Waals surface area contributed by atoms with Crippen LogP contribution in [0.1, 0.15) is 33.2 Å². The SMILES string of the molecule is COC(=O)C(O)c1ccc(C)c2c1c1c(C(N)=O)cccc1n2Cc1ccccc1. The van der Waals surface area contributed by atoms with Crippen molar-refractivity contribution in [2.45, 2.75) is 19.6 Å². The first-order chi connectivity index (χ1) is 14.4. The van der Waals surface area contributed by atoms with Gasteiger partial charge in [-0.2, -0.15) is 0 Å². The largest absolute Gasteiger partial charge is 0.467 e. The average Bonchev–Trinajstić information content (AvgIpc) is 3.09. The van der Waals surface area contributed by atoms with E-state index in [2.05, 4.69) is 4.57 Å². The van der Waals surface area contributed by atoms with Gasteiger partial charge in [0, 0.05) is 28.4 Å². The summed E-state index contributed by atoms with van der Waals surface area (Å²) in [5, 5.41) is 11.9. The fourth-order valence-corrected chi connectivity index (χ4v) is 4.07. The van der Waals surface area contributed by atoms with Gasteiger partial charge >= 0.3 is 5.97 Å². The van der Waals surface area contributed by atoms with Gasteiger partial charge in [-0.3, -0.25) is 4.79 Å². The van der Waals surface area contributed by atoms with E-state index in [1.807, 2.05) is 49.4 Å². The van der Waals surface area contributed by atoms with Gasteiger partial charge in [0.25, 0.3) is 0 Å². The number of aromatic nitrogens is 1. The number of nitrogens with two attached hydrogens (primary N) is 1. The third-order valence-corrected chi connectivity index (χ3v) is 5.43. The number of ether oxygens (including phenoxy) is 1. The van der Waals surface area contributed by atoms with Gasteiger partial charge in [-0.15, -0.1) is 0 Å². The number of amides is 1. The Bertz CT molecular complexity index is 1280. The molecule has 6 heteroatoms. The Hall–Kier alpha value is -3.64. The van der Waals surface area contributed by atoms with Crippen molar-refractivity contribution in [3.63, 3.8) is 0 Å². The van der Waals surface area contributed by atoms with E-state index in [1.165, 1.54) is 7.11 Å². The predicted molar refractivity (Wildman–Crippen MR) is 115 cm³/mol. The fraction of sp³-hybridized carbons (Fsp3) is 0.167. The van der Waals surface area contributed by atoms with Gasteiger partial charge in [0.2, 0.25) is 5.91 Å². The smallest absolute Gasteiger partial charge is 0.339 e. The van der Waals surface area contributed by atoms with E-state index in [1.54, 1.807) is 18.2 Å². The first-order valence-electron chi connectivity index (χ1n) is 9.58. The van der Waals surface area contributed by atoms with Gasteiger partial charge in [-0.05, 0) is 30.2 Å². The Labute approximate surface area is 173 Å². The number of methoxy groups -OCH3 is 1. The lowest BCUT2D eigenvalue weighted by molar-refractivity contribution is -0.150. The molecule has 1 heterocycles. The van der Waals surface area contributed by atoms with Crippen LogP contribution in [-0.2, 0) is 16.1 Å². The van der Waals surface area contributed by atoms with E-state index in [0.717, 1.165) is 22.2 Å². The van der Waals surface area contributed by atoms with Crippen molar-refractivity contribution in [1.82, 2.24) is 4.57 Å². The van der Waals surface area contributed by atoms with E-state index >= 15 is 0 Å². The average molecular weight is 402 g/mol. The van der Waals surface area contributed by atoms with Crippen LogP contribution in [0.4, 0.5) is 0 Å². The highest BCUT2D eigenvalue weighted by atomic mass is 16.5. The normalized spacial score (nSPS) is 12.2. The number of benzene rings is 3. The number of aryl methyl sites for hydroxylation is 1. The highest BCUT2D eigenvalue weighted by Crippen LogP contribution is 2.38. The maximum Gasteiger partial charge on any atom is 0.339 e. The molecule has 0 saturated heterocycles. The molecule has 3 aromatic carbocycles. The predicted octanol–water partition coefficient (Wildman–Crippen LogP) is 3.46. The Morgan fingerprint density at radius 1 is 1.03 bits per heavy atom. The van der Waals surface area contributed by atoms with Crippen LogP contribution in [0.3, 0.4) is 0 Å². The van der Waals surface area contributed by atoms with Gasteiger partial charge in [0.05, 0.1) is 18.1 Å². The number of carbonyl (C=O) groups excluding carboxylic acids is 2. The molecule has 6 nitrogen and oxygen atoms in total. The molecule has 1 amide bonds. The van der Waals surface area contributed by atoms with Crippen molar-refractivity contribution in [2.75, 3.05) is 7.11 Å².